The Balaban J connectivity index is 2.14. The van der Waals surface area contributed by atoms with Crippen LogP contribution in [0.2, 0.25) is 0 Å². The van der Waals surface area contributed by atoms with Gasteiger partial charge in [0.2, 0.25) is 5.91 Å². The zero-order valence-corrected chi connectivity index (χ0v) is 12.2. The fraction of sp³-hybridized carbons (Fsp3) is 0.333. The maximum absolute atomic E-state index is 12.0. The molecule has 0 spiro atoms. The Morgan fingerprint density at radius 2 is 2.19 bits per heavy atom. The number of hydrogen-bond donors (Lipinski definition) is 2. The van der Waals surface area contributed by atoms with E-state index in [1.807, 2.05) is 31.2 Å². The number of aryl methyl sites for hydroxylation is 1. The van der Waals surface area contributed by atoms with Crippen molar-refractivity contribution in [3.05, 3.63) is 42.1 Å². The molecule has 1 aromatic heterocycles. The number of aromatic nitrogens is 2. The third kappa shape index (κ3) is 3.68. The Hall–Kier alpha value is -2.18. The highest BCUT2D eigenvalue weighted by atomic mass is 16.5. The number of methoxy groups -OCH3 is 1. The van der Waals surface area contributed by atoms with E-state index >= 15 is 0 Å². The lowest BCUT2D eigenvalue weighted by atomic mass is 10.2. The molecule has 6 nitrogen and oxygen atoms in total. The molecule has 1 amide bonds. The van der Waals surface area contributed by atoms with Crippen molar-refractivity contribution in [2.45, 2.75) is 19.4 Å². The summed E-state index contributed by atoms with van der Waals surface area (Å²) in [5, 5.41) is 7.11. The number of benzene rings is 1. The third-order valence-electron chi connectivity index (χ3n) is 3.26. The SMILES string of the molecule is COC(CN)CC(=O)Nc1ccnn1-c1ccccc1C. The van der Waals surface area contributed by atoms with Gasteiger partial charge in [-0.3, -0.25) is 4.79 Å². The third-order valence-corrected chi connectivity index (χ3v) is 3.26. The number of ether oxygens (including phenoxy) is 1. The highest BCUT2D eigenvalue weighted by Gasteiger charge is 2.14. The van der Waals surface area contributed by atoms with Crippen LogP contribution in [0.3, 0.4) is 0 Å². The normalized spacial score (nSPS) is 12.1. The molecular weight excluding hydrogens is 268 g/mol. The van der Waals surface area contributed by atoms with Crippen molar-refractivity contribution >= 4 is 11.7 Å². The number of anilines is 1. The van der Waals surface area contributed by atoms with Gasteiger partial charge in [0.25, 0.3) is 0 Å². The van der Waals surface area contributed by atoms with Crippen LogP contribution in [-0.2, 0) is 9.53 Å². The van der Waals surface area contributed by atoms with Gasteiger partial charge in [0.15, 0.2) is 0 Å². The quantitative estimate of drug-likeness (QED) is 0.843. The number of carbonyl (C=O) groups is 1. The van der Waals surface area contributed by atoms with Crippen LogP contribution in [0.1, 0.15) is 12.0 Å². The predicted octanol–water partition coefficient (Wildman–Crippen LogP) is 1.48. The number of nitrogens with zero attached hydrogens (tertiary/aromatic N) is 2. The van der Waals surface area contributed by atoms with Crippen LogP contribution >= 0.6 is 0 Å². The summed E-state index contributed by atoms with van der Waals surface area (Å²) in [5.74, 6) is 0.476. The summed E-state index contributed by atoms with van der Waals surface area (Å²) in [7, 11) is 1.54. The van der Waals surface area contributed by atoms with E-state index in [2.05, 4.69) is 10.4 Å². The van der Waals surface area contributed by atoms with E-state index in [1.54, 1.807) is 24.1 Å². The predicted molar refractivity (Wildman–Crippen MR) is 81.4 cm³/mol. The summed E-state index contributed by atoms with van der Waals surface area (Å²) in [6.45, 7) is 2.30. The molecule has 0 bridgehead atoms. The molecule has 0 saturated heterocycles. The van der Waals surface area contributed by atoms with Crippen molar-refractivity contribution in [3.63, 3.8) is 0 Å². The van der Waals surface area contributed by atoms with Crippen LogP contribution in [0.5, 0.6) is 0 Å². The minimum absolute atomic E-state index is 0.150. The van der Waals surface area contributed by atoms with Crippen LogP contribution in [0.25, 0.3) is 5.69 Å². The smallest absolute Gasteiger partial charge is 0.228 e. The van der Waals surface area contributed by atoms with Crippen molar-refractivity contribution in [3.8, 4) is 5.69 Å². The molecule has 1 atom stereocenters. The number of para-hydroxylation sites is 1. The highest BCUT2D eigenvalue weighted by molar-refractivity contribution is 5.90. The topological polar surface area (TPSA) is 82.2 Å². The van der Waals surface area contributed by atoms with E-state index in [0.29, 0.717) is 12.4 Å². The van der Waals surface area contributed by atoms with Crippen molar-refractivity contribution in [2.75, 3.05) is 19.0 Å². The molecule has 1 aromatic carbocycles. The van der Waals surface area contributed by atoms with Gasteiger partial charge in [-0.1, -0.05) is 18.2 Å². The highest BCUT2D eigenvalue weighted by Crippen LogP contribution is 2.18. The summed E-state index contributed by atoms with van der Waals surface area (Å²) >= 11 is 0. The Bertz CT molecular complexity index is 605. The molecule has 1 unspecified atom stereocenters. The lowest BCUT2D eigenvalue weighted by Crippen LogP contribution is -2.28. The first-order valence-corrected chi connectivity index (χ1v) is 6.78. The van der Waals surface area contributed by atoms with Gasteiger partial charge in [-0.05, 0) is 18.6 Å². The van der Waals surface area contributed by atoms with E-state index < -0.39 is 0 Å². The number of amides is 1. The first-order chi connectivity index (χ1) is 10.2. The first-order valence-electron chi connectivity index (χ1n) is 6.78. The maximum atomic E-state index is 12.0. The lowest BCUT2D eigenvalue weighted by molar-refractivity contribution is -0.118. The number of nitrogens with one attached hydrogen (secondary N) is 1. The molecule has 2 rings (SSSR count). The first kappa shape index (κ1) is 15.2. The van der Waals surface area contributed by atoms with Gasteiger partial charge < -0.3 is 15.8 Å². The summed E-state index contributed by atoms with van der Waals surface area (Å²) in [4.78, 5) is 12.0. The van der Waals surface area contributed by atoms with Crippen molar-refractivity contribution in [1.29, 1.82) is 0 Å². The van der Waals surface area contributed by atoms with Gasteiger partial charge in [-0.25, -0.2) is 4.68 Å². The van der Waals surface area contributed by atoms with Crippen LogP contribution in [0, 0.1) is 6.92 Å². The van der Waals surface area contributed by atoms with Gasteiger partial charge >= 0.3 is 0 Å². The van der Waals surface area contributed by atoms with E-state index in [0.717, 1.165) is 11.3 Å². The number of hydrogen-bond acceptors (Lipinski definition) is 4. The minimum Gasteiger partial charge on any atom is -0.380 e. The van der Waals surface area contributed by atoms with Crippen LogP contribution in [0.15, 0.2) is 36.5 Å². The van der Waals surface area contributed by atoms with Crippen LogP contribution < -0.4 is 11.1 Å². The van der Waals surface area contributed by atoms with Crippen molar-refractivity contribution < 1.29 is 9.53 Å². The monoisotopic (exact) mass is 288 g/mol. The van der Waals surface area contributed by atoms with Crippen LogP contribution in [0.4, 0.5) is 5.82 Å². The zero-order chi connectivity index (χ0) is 15.2. The Labute approximate surface area is 123 Å². The number of nitrogens with two attached hydrogens (primary N) is 1. The van der Waals surface area contributed by atoms with Gasteiger partial charge in [-0.15, -0.1) is 0 Å². The molecule has 6 heteroatoms. The summed E-state index contributed by atoms with van der Waals surface area (Å²) in [6, 6.07) is 9.61. The number of carbonyl (C=O) groups excluding carboxylic acids is 1. The van der Waals surface area contributed by atoms with E-state index in [-0.39, 0.29) is 18.4 Å². The molecule has 3 N–H and O–H groups in total. The molecule has 1 heterocycles. The minimum atomic E-state index is -0.278. The second kappa shape index (κ2) is 7.01. The molecular formula is C15H20N4O2. The molecule has 0 aliphatic carbocycles. The molecule has 112 valence electrons. The fourth-order valence-electron chi connectivity index (χ4n) is 2.05. The Morgan fingerprint density at radius 3 is 2.86 bits per heavy atom. The van der Waals surface area contributed by atoms with Crippen molar-refractivity contribution in [2.24, 2.45) is 5.73 Å². The van der Waals surface area contributed by atoms with Gasteiger partial charge in [0.05, 0.1) is 24.4 Å². The molecule has 0 fully saturated rings. The standard InChI is InChI=1S/C15H20N4O2/c1-11-5-3-4-6-13(11)19-14(7-8-17-19)18-15(20)9-12(10-16)21-2/h3-8,12H,9-10,16H2,1-2H3,(H,18,20). The van der Waals surface area contributed by atoms with E-state index in [9.17, 15) is 4.79 Å². The lowest BCUT2D eigenvalue weighted by Gasteiger charge is -2.14. The van der Waals surface area contributed by atoms with Gasteiger partial charge in [-0.2, -0.15) is 5.10 Å². The molecule has 0 aliphatic rings. The summed E-state index contributed by atoms with van der Waals surface area (Å²) in [5.41, 5.74) is 7.53. The molecule has 0 radical (unpaired) electrons. The average Bonchev–Trinajstić information content (AvgIpc) is 2.93. The van der Waals surface area contributed by atoms with Gasteiger partial charge in [0.1, 0.15) is 5.82 Å². The zero-order valence-electron chi connectivity index (χ0n) is 12.2. The molecule has 0 aliphatic heterocycles. The Kier molecular flexibility index (Phi) is 5.08. The molecule has 0 saturated carbocycles. The maximum Gasteiger partial charge on any atom is 0.228 e. The fourth-order valence-corrected chi connectivity index (χ4v) is 2.05. The van der Waals surface area contributed by atoms with Crippen molar-refractivity contribution in [1.82, 2.24) is 9.78 Å². The van der Waals surface area contributed by atoms with E-state index in [1.165, 1.54) is 0 Å². The summed E-state index contributed by atoms with van der Waals surface area (Å²) in [6.07, 6.45) is 1.59. The number of rotatable bonds is 6. The second-order valence-corrected chi connectivity index (χ2v) is 4.76. The molecule has 2 aromatic rings. The largest absolute Gasteiger partial charge is 0.380 e. The Morgan fingerprint density at radius 1 is 1.43 bits per heavy atom. The molecule has 21 heavy (non-hydrogen) atoms. The second-order valence-electron chi connectivity index (χ2n) is 4.76. The van der Waals surface area contributed by atoms with E-state index in [4.69, 9.17) is 10.5 Å². The average molecular weight is 288 g/mol. The summed E-state index contributed by atoms with van der Waals surface area (Å²) < 4.78 is 6.82. The van der Waals surface area contributed by atoms with Gasteiger partial charge in [0, 0.05) is 19.7 Å². The van der Waals surface area contributed by atoms with Crippen LogP contribution in [-0.4, -0.2) is 35.4 Å².